The summed E-state index contributed by atoms with van der Waals surface area (Å²) >= 11 is 3.48. The summed E-state index contributed by atoms with van der Waals surface area (Å²) in [6, 6.07) is 11.7. The lowest BCUT2D eigenvalue weighted by Crippen LogP contribution is -2.26. The fourth-order valence-corrected chi connectivity index (χ4v) is 2.84. The number of benzene rings is 1. The number of carbonyl (C=O) groups excluding carboxylic acids is 1. The zero-order valence-corrected chi connectivity index (χ0v) is 14.2. The molecule has 0 unspecified atom stereocenters. The molecule has 118 valence electrons. The predicted octanol–water partition coefficient (Wildman–Crippen LogP) is 2.96. The van der Waals surface area contributed by atoms with E-state index in [1.165, 1.54) is 0 Å². The van der Waals surface area contributed by atoms with E-state index in [1.54, 1.807) is 0 Å². The standard InChI is InChI=1S/C17H21BrN2O2/c1-20-12-4-7-15(20)16(21)10-11-19-17(22)9-8-13-5-2-3-6-14(13)18/h2-7,12,16,21H,8-11H2,1H3,(H,19,22)/t16-/m0/s1. The van der Waals surface area contributed by atoms with Crippen molar-refractivity contribution in [1.82, 2.24) is 9.88 Å². The van der Waals surface area contributed by atoms with Gasteiger partial charge in [0, 0.05) is 36.4 Å². The van der Waals surface area contributed by atoms with E-state index in [4.69, 9.17) is 0 Å². The Bertz CT molecular complexity index is 625. The Morgan fingerprint density at radius 1 is 1.32 bits per heavy atom. The maximum absolute atomic E-state index is 11.8. The number of hydrogen-bond acceptors (Lipinski definition) is 2. The Balaban J connectivity index is 1.70. The Labute approximate surface area is 139 Å². The number of amides is 1. The number of nitrogens with zero attached hydrogens (tertiary/aromatic N) is 1. The first-order valence-corrected chi connectivity index (χ1v) is 8.16. The zero-order chi connectivity index (χ0) is 15.9. The smallest absolute Gasteiger partial charge is 0.220 e. The summed E-state index contributed by atoms with van der Waals surface area (Å²) in [4.78, 5) is 11.8. The van der Waals surface area contributed by atoms with Crippen molar-refractivity contribution in [3.63, 3.8) is 0 Å². The largest absolute Gasteiger partial charge is 0.387 e. The van der Waals surface area contributed by atoms with Crippen molar-refractivity contribution in [2.24, 2.45) is 7.05 Å². The van der Waals surface area contributed by atoms with Gasteiger partial charge in [0.05, 0.1) is 6.10 Å². The molecule has 1 aromatic carbocycles. The number of aromatic nitrogens is 1. The Morgan fingerprint density at radius 2 is 2.09 bits per heavy atom. The van der Waals surface area contributed by atoms with Gasteiger partial charge in [-0.1, -0.05) is 34.1 Å². The van der Waals surface area contributed by atoms with Crippen LogP contribution in [0.5, 0.6) is 0 Å². The highest BCUT2D eigenvalue weighted by atomic mass is 79.9. The average Bonchev–Trinajstić information content (AvgIpc) is 2.92. The van der Waals surface area contributed by atoms with E-state index >= 15 is 0 Å². The van der Waals surface area contributed by atoms with Gasteiger partial charge in [0.15, 0.2) is 0 Å². The third kappa shape index (κ3) is 4.71. The van der Waals surface area contributed by atoms with Gasteiger partial charge >= 0.3 is 0 Å². The molecule has 0 bridgehead atoms. The molecule has 0 fully saturated rings. The van der Waals surface area contributed by atoms with Crippen molar-refractivity contribution in [2.75, 3.05) is 6.54 Å². The molecule has 0 aliphatic heterocycles. The summed E-state index contributed by atoms with van der Waals surface area (Å²) in [6.45, 7) is 0.473. The fraction of sp³-hybridized carbons (Fsp3) is 0.353. The Kier molecular flexibility index (Phi) is 6.21. The highest BCUT2D eigenvalue weighted by molar-refractivity contribution is 9.10. The molecular weight excluding hydrogens is 344 g/mol. The highest BCUT2D eigenvalue weighted by Crippen LogP contribution is 2.17. The lowest BCUT2D eigenvalue weighted by atomic mass is 10.1. The maximum atomic E-state index is 11.8. The lowest BCUT2D eigenvalue weighted by molar-refractivity contribution is -0.121. The second kappa shape index (κ2) is 8.15. The van der Waals surface area contributed by atoms with Crippen LogP contribution < -0.4 is 5.32 Å². The zero-order valence-electron chi connectivity index (χ0n) is 12.6. The van der Waals surface area contributed by atoms with Crippen LogP contribution in [0.1, 0.15) is 30.2 Å². The minimum Gasteiger partial charge on any atom is -0.387 e. The van der Waals surface area contributed by atoms with Gasteiger partial charge in [-0.25, -0.2) is 0 Å². The number of nitrogens with one attached hydrogen (secondary N) is 1. The van der Waals surface area contributed by atoms with Gasteiger partial charge in [-0.2, -0.15) is 0 Å². The van der Waals surface area contributed by atoms with Gasteiger partial charge in [0.25, 0.3) is 0 Å². The van der Waals surface area contributed by atoms with Crippen molar-refractivity contribution in [1.29, 1.82) is 0 Å². The van der Waals surface area contributed by atoms with E-state index in [0.29, 0.717) is 25.8 Å². The topological polar surface area (TPSA) is 54.3 Å². The van der Waals surface area contributed by atoms with Crippen LogP contribution in [0, 0.1) is 0 Å². The summed E-state index contributed by atoms with van der Waals surface area (Å²) in [7, 11) is 1.90. The third-order valence-corrected chi connectivity index (χ3v) is 4.42. The Hall–Kier alpha value is -1.59. The fourth-order valence-electron chi connectivity index (χ4n) is 2.35. The van der Waals surface area contributed by atoms with Crippen LogP contribution in [0.2, 0.25) is 0 Å². The molecule has 1 amide bonds. The molecule has 4 nitrogen and oxygen atoms in total. The Morgan fingerprint density at radius 3 is 2.77 bits per heavy atom. The summed E-state index contributed by atoms with van der Waals surface area (Å²) in [5.41, 5.74) is 1.99. The van der Waals surface area contributed by atoms with Gasteiger partial charge in [0.1, 0.15) is 0 Å². The van der Waals surface area contributed by atoms with Crippen molar-refractivity contribution in [2.45, 2.75) is 25.4 Å². The van der Waals surface area contributed by atoms with Gasteiger partial charge in [-0.05, 0) is 36.6 Å². The van der Waals surface area contributed by atoms with Crippen LogP contribution in [0.3, 0.4) is 0 Å². The molecule has 0 saturated heterocycles. The van der Waals surface area contributed by atoms with Crippen molar-refractivity contribution >= 4 is 21.8 Å². The predicted molar refractivity (Wildman–Crippen MR) is 90.5 cm³/mol. The van der Waals surface area contributed by atoms with E-state index in [-0.39, 0.29) is 5.91 Å². The number of carbonyl (C=O) groups is 1. The number of aliphatic hydroxyl groups excluding tert-OH is 1. The monoisotopic (exact) mass is 364 g/mol. The van der Waals surface area contributed by atoms with E-state index < -0.39 is 6.10 Å². The second-order valence-corrected chi connectivity index (χ2v) is 6.14. The molecular formula is C17H21BrN2O2. The van der Waals surface area contributed by atoms with Crippen LogP contribution in [-0.2, 0) is 18.3 Å². The normalized spacial score (nSPS) is 12.1. The number of halogens is 1. The molecule has 22 heavy (non-hydrogen) atoms. The first-order chi connectivity index (χ1) is 10.6. The van der Waals surface area contributed by atoms with Crippen molar-refractivity contribution < 1.29 is 9.90 Å². The van der Waals surface area contributed by atoms with Crippen LogP contribution in [0.15, 0.2) is 47.1 Å². The van der Waals surface area contributed by atoms with E-state index in [0.717, 1.165) is 15.7 Å². The number of aryl methyl sites for hydroxylation is 2. The molecule has 0 spiro atoms. The van der Waals surface area contributed by atoms with Crippen molar-refractivity contribution in [3.8, 4) is 0 Å². The lowest BCUT2D eigenvalue weighted by Gasteiger charge is -2.12. The number of rotatable bonds is 7. The number of aliphatic hydroxyl groups is 1. The molecule has 1 atom stereocenters. The maximum Gasteiger partial charge on any atom is 0.220 e. The third-order valence-electron chi connectivity index (χ3n) is 3.64. The van der Waals surface area contributed by atoms with Crippen molar-refractivity contribution in [3.05, 3.63) is 58.3 Å². The molecule has 2 rings (SSSR count). The molecule has 1 heterocycles. The van der Waals surface area contributed by atoms with Gasteiger partial charge in [-0.3, -0.25) is 4.79 Å². The first-order valence-electron chi connectivity index (χ1n) is 7.37. The molecule has 0 aliphatic rings. The quantitative estimate of drug-likeness (QED) is 0.793. The second-order valence-electron chi connectivity index (χ2n) is 5.29. The SMILES string of the molecule is Cn1cccc1[C@@H](O)CCNC(=O)CCc1ccccc1Br. The van der Waals surface area contributed by atoms with Gasteiger partial charge in [-0.15, -0.1) is 0 Å². The molecule has 0 saturated carbocycles. The van der Waals surface area contributed by atoms with Crippen LogP contribution >= 0.6 is 15.9 Å². The van der Waals surface area contributed by atoms with E-state index in [9.17, 15) is 9.90 Å². The molecule has 1 aromatic heterocycles. The molecule has 0 radical (unpaired) electrons. The number of hydrogen-bond donors (Lipinski definition) is 2. The average molecular weight is 365 g/mol. The van der Waals surface area contributed by atoms with E-state index in [1.807, 2.05) is 54.2 Å². The van der Waals surface area contributed by atoms with Gasteiger partial charge < -0.3 is 15.0 Å². The summed E-state index contributed by atoms with van der Waals surface area (Å²) < 4.78 is 2.92. The van der Waals surface area contributed by atoms with Gasteiger partial charge in [0.2, 0.25) is 5.91 Å². The van der Waals surface area contributed by atoms with Crippen LogP contribution in [0.4, 0.5) is 0 Å². The van der Waals surface area contributed by atoms with Crippen LogP contribution in [-0.4, -0.2) is 22.1 Å². The minimum absolute atomic E-state index is 0.00911. The van der Waals surface area contributed by atoms with Crippen LogP contribution in [0.25, 0.3) is 0 Å². The highest BCUT2D eigenvalue weighted by Gasteiger charge is 2.11. The molecule has 5 heteroatoms. The molecule has 2 N–H and O–H groups in total. The first kappa shape index (κ1) is 16.8. The summed E-state index contributed by atoms with van der Waals surface area (Å²) in [5.74, 6) is 0.00911. The summed E-state index contributed by atoms with van der Waals surface area (Å²) in [5, 5.41) is 12.9. The molecule has 2 aromatic rings. The summed E-state index contributed by atoms with van der Waals surface area (Å²) in [6.07, 6.45) is 3.01. The van der Waals surface area contributed by atoms with E-state index in [2.05, 4.69) is 21.2 Å². The molecule has 0 aliphatic carbocycles. The minimum atomic E-state index is -0.552.